The number of nitrogens with zero attached hydrogens (tertiary/aromatic N) is 1. The van der Waals surface area contributed by atoms with Crippen LogP contribution in [-0.2, 0) is 13.0 Å². The normalized spacial score (nSPS) is 11.9. The Morgan fingerprint density at radius 1 is 1.12 bits per heavy atom. The minimum Gasteiger partial charge on any atom is -0.454 e. The molecule has 0 radical (unpaired) electrons. The molecule has 2 heterocycles. The third kappa shape index (κ3) is 4.11. The fraction of sp³-hybridized carbons (Fsp3) is 0.238. The maximum atomic E-state index is 12.4. The molecule has 5 heteroatoms. The molecule has 2 aromatic heterocycles. The molecule has 0 bridgehead atoms. The molecule has 3 rings (SSSR count). The van der Waals surface area contributed by atoms with Crippen molar-refractivity contribution in [1.82, 2.24) is 9.88 Å². The van der Waals surface area contributed by atoms with Crippen LogP contribution in [0.2, 0.25) is 0 Å². The summed E-state index contributed by atoms with van der Waals surface area (Å²) in [6, 6.07) is 16.4. The van der Waals surface area contributed by atoms with E-state index in [0.29, 0.717) is 12.3 Å². The topological polar surface area (TPSA) is 64.2 Å². The van der Waals surface area contributed by atoms with Gasteiger partial charge < -0.3 is 14.3 Å². The number of hydrogen-bond donors (Lipinski definition) is 1. The Kier molecular flexibility index (Phi) is 5.37. The van der Waals surface area contributed by atoms with Gasteiger partial charge in [0.15, 0.2) is 5.76 Å². The van der Waals surface area contributed by atoms with Gasteiger partial charge in [0.2, 0.25) is 0 Å². The van der Waals surface area contributed by atoms with Crippen LogP contribution in [0.25, 0.3) is 0 Å². The van der Waals surface area contributed by atoms with Crippen LogP contribution < -0.4 is 10.9 Å². The lowest BCUT2D eigenvalue weighted by atomic mass is 10.0. The Balaban J connectivity index is 1.65. The van der Waals surface area contributed by atoms with Gasteiger partial charge in [-0.05, 0) is 42.7 Å². The molecule has 1 amide bonds. The summed E-state index contributed by atoms with van der Waals surface area (Å²) in [7, 11) is 0. The Morgan fingerprint density at radius 2 is 1.88 bits per heavy atom. The van der Waals surface area contributed by atoms with Gasteiger partial charge in [0, 0.05) is 12.3 Å². The average molecular weight is 350 g/mol. The molecule has 26 heavy (non-hydrogen) atoms. The summed E-state index contributed by atoms with van der Waals surface area (Å²) < 4.78 is 7.13. The van der Waals surface area contributed by atoms with Crippen molar-refractivity contribution in [2.45, 2.75) is 32.9 Å². The minimum absolute atomic E-state index is 0.112. The van der Waals surface area contributed by atoms with Crippen molar-refractivity contribution in [3.05, 3.63) is 93.8 Å². The van der Waals surface area contributed by atoms with Gasteiger partial charge in [-0.25, -0.2) is 0 Å². The number of nitrogens with one attached hydrogen (secondary N) is 1. The van der Waals surface area contributed by atoms with E-state index in [0.717, 1.165) is 12.0 Å². The lowest BCUT2D eigenvalue weighted by Gasteiger charge is -2.13. The van der Waals surface area contributed by atoms with E-state index in [1.807, 2.05) is 19.1 Å². The summed E-state index contributed by atoms with van der Waals surface area (Å²) in [4.78, 5) is 24.2. The van der Waals surface area contributed by atoms with Gasteiger partial charge in [0.25, 0.3) is 11.5 Å². The van der Waals surface area contributed by atoms with Crippen LogP contribution in [0.5, 0.6) is 0 Å². The predicted molar refractivity (Wildman–Crippen MR) is 100 cm³/mol. The molecule has 1 unspecified atom stereocenters. The Morgan fingerprint density at radius 3 is 2.58 bits per heavy atom. The number of rotatable bonds is 6. The van der Waals surface area contributed by atoms with Gasteiger partial charge in [0.1, 0.15) is 5.76 Å². The van der Waals surface area contributed by atoms with E-state index in [9.17, 15) is 9.59 Å². The number of benzene rings is 1. The molecule has 134 valence electrons. The fourth-order valence-corrected chi connectivity index (χ4v) is 2.74. The number of carbonyl (C=O) groups is 1. The summed E-state index contributed by atoms with van der Waals surface area (Å²) in [5.74, 6) is 0.521. The Labute approximate surface area is 152 Å². The minimum atomic E-state index is -0.274. The molecule has 0 saturated heterocycles. The molecular formula is C21H22N2O3. The predicted octanol–water partition coefficient (Wildman–Crippen LogP) is 3.54. The maximum Gasteiger partial charge on any atom is 0.287 e. The van der Waals surface area contributed by atoms with Crippen LogP contribution in [0, 0.1) is 0 Å². The number of carbonyl (C=O) groups excluding carboxylic acids is 1. The standard InChI is InChI=1S/C21H22N2O3/c1-3-16-7-9-17(10-8-16)15(2)22-21(25)19-12-11-18(26-19)14-23-13-5-4-6-20(23)24/h4-13,15H,3,14H2,1-2H3,(H,22,25). The average Bonchev–Trinajstić information content (AvgIpc) is 3.12. The van der Waals surface area contributed by atoms with Crippen molar-refractivity contribution in [1.29, 1.82) is 0 Å². The zero-order valence-corrected chi connectivity index (χ0v) is 14.9. The molecule has 0 spiro atoms. The largest absolute Gasteiger partial charge is 0.454 e. The monoisotopic (exact) mass is 350 g/mol. The molecule has 0 aliphatic rings. The third-order valence-electron chi connectivity index (χ3n) is 4.35. The molecule has 0 saturated carbocycles. The number of aryl methyl sites for hydroxylation is 1. The molecule has 5 nitrogen and oxygen atoms in total. The maximum absolute atomic E-state index is 12.4. The van der Waals surface area contributed by atoms with Gasteiger partial charge in [-0.3, -0.25) is 9.59 Å². The van der Waals surface area contributed by atoms with Crippen molar-refractivity contribution in [3.8, 4) is 0 Å². The van der Waals surface area contributed by atoms with E-state index in [1.54, 1.807) is 30.5 Å². The summed E-state index contributed by atoms with van der Waals surface area (Å²) in [5.41, 5.74) is 2.19. The highest BCUT2D eigenvalue weighted by atomic mass is 16.4. The van der Waals surface area contributed by atoms with Gasteiger partial charge in [-0.1, -0.05) is 37.3 Å². The van der Waals surface area contributed by atoms with E-state index in [1.165, 1.54) is 16.2 Å². The Bertz CT molecular complexity index is 938. The van der Waals surface area contributed by atoms with E-state index in [4.69, 9.17) is 4.42 Å². The van der Waals surface area contributed by atoms with E-state index >= 15 is 0 Å². The van der Waals surface area contributed by atoms with Crippen LogP contribution in [0.1, 0.15) is 47.3 Å². The van der Waals surface area contributed by atoms with Crippen molar-refractivity contribution >= 4 is 5.91 Å². The lowest BCUT2D eigenvalue weighted by molar-refractivity contribution is 0.0910. The molecule has 0 aliphatic heterocycles. The van der Waals surface area contributed by atoms with E-state index in [2.05, 4.69) is 24.4 Å². The van der Waals surface area contributed by atoms with Gasteiger partial charge in [-0.2, -0.15) is 0 Å². The zero-order valence-electron chi connectivity index (χ0n) is 14.9. The second-order valence-corrected chi connectivity index (χ2v) is 6.22. The Hall–Kier alpha value is -3.08. The molecule has 1 N–H and O–H groups in total. The molecule has 0 aliphatic carbocycles. The van der Waals surface area contributed by atoms with Crippen LogP contribution in [-0.4, -0.2) is 10.5 Å². The molecule has 3 aromatic rings. The van der Waals surface area contributed by atoms with Gasteiger partial charge >= 0.3 is 0 Å². The summed E-state index contributed by atoms with van der Waals surface area (Å²) >= 11 is 0. The first-order valence-corrected chi connectivity index (χ1v) is 8.70. The second kappa shape index (κ2) is 7.87. The summed E-state index contributed by atoms with van der Waals surface area (Å²) in [6.07, 6.45) is 2.67. The number of pyridine rings is 1. The van der Waals surface area contributed by atoms with Gasteiger partial charge in [-0.15, -0.1) is 0 Å². The first kappa shape index (κ1) is 17.7. The fourth-order valence-electron chi connectivity index (χ4n) is 2.74. The first-order valence-electron chi connectivity index (χ1n) is 8.70. The third-order valence-corrected chi connectivity index (χ3v) is 4.35. The first-order chi connectivity index (χ1) is 12.6. The number of amides is 1. The zero-order chi connectivity index (χ0) is 18.5. The lowest BCUT2D eigenvalue weighted by Crippen LogP contribution is -2.26. The van der Waals surface area contributed by atoms with Crippen molar-refractivity contribution in [2.24, 2.45) is 0 Å². The molecule has 0 fully saturated rings. The SMILES string of the molecule is CCc1ccc(C(C)NC(=O)c2ccc(Cn3ccccc3=O)o2)cc1. The molecular weight excluding hydrogens is 328 g/mol. The number of aromatic nitrogens is 1. The highest BCUT2D eigenvalue weighted by molar-refractivity contribution is 5.91. The molecule has 1 aromatic carbocycles. The molecule has 1 atom stereocenters. The van der Waals surface area contributed by atoms with E-state index in [-0.39, 0.29) is 23.3 Å². The van der Waals surface area contributed by atoms with Crippen LogP contribution in [0.4, 0.5) is 0 Å². The summed E-state index contributed by atoms with van der Waals surface area (Å²) in [5, 5.41) is 2.94. The van der Waals surface area contributed by atoms with Crippen molar-refractivity contribution in [3.63, 3.8) is 0 Å². The van der Waals surface area contributed by atoms with Crippen LogP contribution in [0.3, 0.4) is 0 Å². The highest BCUT2D eigenvalue weighted by Crippen LogP contribution is 2.16. The summed E-state index contributed by atoms with van der Waals surface area (Å²) in [6.45, 7) is 4.34. The second-order valence-electron chi connectivity index (χ2n) is 6.22. The quantitative estimate of drug-likeness (QED) is 0.739. The van der Waals surface area contributed by atoms with Crippen molar-refractivity contribution < 1.29 is 9.21 Å². The van der Waals surface area contributed by atoms with Crippen molar-refractivity contribution in [2.75, 3.05) is 0 Å². The van der Waals surface area contributed by atoms with Gasteiger partial charge in [0.05, 0.1) is 12.6 Å². The number of furan rings is 1. The van der Waals surface area contributed by atoms with E-state index < -0.39 is 0 Å². The smallest absolute Gasteiger partial charge is 0.287 e. The van der Waals surface area contributed by atoms with Crippen LogP contribution in [0.15, 0.2) is 70.0 Å². The number of hydrogen-bond acceptors (Lipinski definition) is 3. The van der Waals surface area contributed by atoms with Crippen LogP contribution >= 0.6 is 0 Å². The highest BCUT2D eigenvalue weighted by Gasteiger charge is 2.15.